The lowest BCUT2D eigenvalue weighted by Crippen LogP contribution is -2.23. The zero-order chi connectivity index (χ0) is 21.0. The van der Waals surface area contributed by atoms with Crippen molar-refractivity contribution < 1.29 is 23.8 Å². The van der Waals surface area contributed by atoms with Crippen LogP contribution in [0.15, 0.2) is 41.4 Å². The van der Waals surface area contributed by atoms with Crippen molar-refractivity contribution in [3.05, 3.63) is 51.8 Å². The van der Waals surface area contributed by atoms with E-state index in [-0.39, 0.29) is 13.2 Å². The van der Waals surface area contributed by atoms with E-state index in [1.165, 1.54) is 18.4 Å². The summed E-state index contributed by atoms with van der Waals surface area (Å²) in [6, 6.07) is 9.98. The molecule has 3 aromatic rings. The number of carbonyl (C=O) groups is 2. The highest BCUT2D eigenvalue weighted by Crippen LogP contribution is 2.33. The number of aromatic nitrogens is 1. The molecule has 0 fully saturated rings. The van der Waals surface area contributed by atoms with E-state index in [1.807, 2.05) is 0 Å². The summed E-state index contributed by atoms with van der Waals surface area (Å²) in [5, 5.41) is 0.528. The van der Waals surface area contributed by atoms with Crippen molar-refractivity contribution in [2.75, 3.05) is 20.8 Å². The Morgan fingerprint density at radius 3 is 2.38 bits per heavy atom. The average Bonchev–Trinajstić information content (AvgIpc) is 3.03. The molecule has 0 aliphatic heterocycles. The van der Waals surface area contributed by atoms with Crippen LogP contribution in [0.2, 0.25) is 5.02 Å². The highest BCUT2D eigenvalue weighted by molar-refractivity contribution is 7.16. The molecule has 3 rings (SSSR count). The third kappa shape index (κ3) is 4.60. The molecule has 0 saturated heterocycles. The Kier molecular flexibility index (Phi) is 6.56. The van der Waals surface area contributed by atoms with Crippen molar-refractivity contribution in [3.63, 3.8) is 0 Å². The summed E-state index contributed by atoms with van der Waals surface area (Å²) < 4.78 is 18.2. The quantitative estimate of drug-likeness (QED) is 0.553. The summed E-state index contributed by atoms with van der Waals surface area (Å²) in [5.41, 5.74) is 1.08. The van der Waals surface area contributed by atoms with Crippen LogP contribution in [0.5, 0.6) is 11.5 Å². The number of hydrogen-bond acceptors (Lipinski definition) is 6. The van der Waals surface area contributed by atoms with Crippen LogP contribution >= 0.6 is 22.9 Å². The number of rotatable bonds is 6. The predicted molar refractivity (Wildman–Crippen MR) is 111 cm³/mol. The van der Waals surface area contributed by atoms with Gasteiger partial charge in [-0.1, -0.05) is 22.9 Å². The number of carbonyl (C=O) groups excluding carboxylic acids is 2. The molecular weight excluding hydrogens is 416 g/mol. The Labute approximate surface area is 176 Å². The summed E-state index contributed by atoms with van der Waals surface area (Å²) in [4.78, 5) is 29.4. The minimum atomic E-state index is -0.440. The number of thiazole rings is 1. The number of methoxy groups -OCH3 is 2. The molecule has 0 radical (unpaired) electrons. The van der Waals surface area contributed by atoms with Crippen LogP contribution in [0.4, 0.5) is 0 Å². The van der Waals surface area contributed by atoms with Gasteiger partial charge < -0.3 is 18.8 Å². The number of ether oxygens (including phenoxy) is 3. The van der Waals surface area contributed by atoms with Crippen molar-refractivity contribution in [1.82, 2.24) is 4.57 Å². The van der Waals surface area contributed by atoms with E-state index in [0.717, 1.165) is 4.70 Å². The fourth-order valence-corrected chi connectivity index (χ4v) is 3.88. The first-order valence-corrected chi connectivity index (χ1v) is 9.91. The summed E-state index contributed by atoms with van der Waals surface area (Å²) in [6.07, 6.45) is 0. The smallest absolute Gasteiger partial charge is 0.326 e. The van der Waals surface area contributed by atoms with Gasteiger partial charge in [0.2, 0.25) is 0 Å². The highest BCUT2D eigenvalue weighted by atomic mass is 35.5. The zero-order valence-corrected chi connectivity index (χ0v) is 17.7. The number of benzene rings is 2. The van der Waals surface area contributed by atoms with Gasteiger partial charge >= 0.3 is 5.97 Å². The van der Waals surface area contributed by atoms with E-state index in [4.69, 9.17) is 25.8 Å². The maximum atomic E-state index is 12.6. The fourth-order valence-electron chi connectivity index (χ4n) is 2.71. The van der Waals surface area contributed by atoms with Gasteiger partial charge in [0.1, 0.15) is 6.54 Å². The van der Waals surface area contributed by atoms with Crippen LogP contribution in [-0.4, -0.2) is 37.3 Å². The first kappa shape index (κ1) is 20.9. The van der Waals surface area contributed by atoms with Gasteiger partial charge in [-0.15, -0.1) is 0 Å². The van der Waals surface area contributed by atoms with Crippen LogP contribution in [0.25, 0.3) is 10.2 Å². The maximum absolute atomic E-state index is 12.6. The van der Waals surface area contributed by atoms with Crippen molar-refractivity contribution in [2.45, 2.75) is 13.5 Å². The van der Waals surface area contributed by atoms with Crippen molar-refractivity contribution >= 4 is 45.0 Å². The Balaban J connectivity index is 2.16. The molecule has 0 saturated carbocycles. The third-order valence-corrected chi connectivity index (χ3v) is 5.36. The van der Waals surface area contributed by atoms with Gasteiger partial charge in [0.05, 0.1) is 31.0 Å². The summed E-state index contributed by atoms with van der Waals surface area (Å²) in [7, 11) is 3.07. The van der Waals surface area contributed by atoms with Gasteiger partial charge in [-0.3, -0.25) is 9.59 Å². The molecule has 1 aromatic heterocycles. The molecule has 152 valence electrons. The topological polar surface area (TPSA) is 79.1 Å². The largest absolute Gasteiger partial charge is 0.493 e. The van der Waals surface area contributed by atoms with Crippen LogP contribution in [0, 0.1) is 0 Å². The molecule has 1 amide bonds. The summed E-state index contributed by atoms with van der Waals surface area (Å²) in [5.74, 6) is 0.179. The Morgan fingerprint density at radius 1 is 1.10 bits per heavy atom. The van der Waals surface area contributed by atoms with Crippen LogP contribution in [-0.2, 0) is 16.1 Å². The maximum Gasteiger partial charge on any atom is 0.326 e. The molecule has 0 aliphatic rings. The number of nitrogens with zero attached hydrogens (tertiary/aromatic N) is 2. The number of halogens is 1. The number of esters is 1. The second-order valence-electron chi connectivity index (χ2n) is 5.87. The minimum Gasteiger partial charge on any atom is -0.493 e. The van der Waals surface area contributed by atoms with E-state index >= 15 is 0 Å². The molecule has 0 atom stereocenters. The van der Waals surface area contributed by atoms with Gasteiger partial charge in [-0.2, -0.15) is 4.99 Å². The van der Waals surface area contributed by atoms with E-state index in [2.05, 4.69) is 4.99 Å². The average molecular weight is 435 g/mol. The van der Waals surface area contributed by atoms with Crippen LogP contribution in [0.3, 0.4) is 0 Å². The van der Waals surface area contributed by atoms with E-state index in [1.54, 1.807) is 55.0 Å². The van der Waals surface area contributed by atoms with Gasteiger partial charge in [-0.05, 0) is 31.2 Å². The molecule has 29 heavy (non-hydrogen) atoms. The molecular formula is C20H19ClN2O5S. The normalized spacial score (nSPS) is 11.5. The third-order valence-electron chi connectivity index (χ3n) is 4.07. The van der Waals surface area contributed by atoms with Crippen molar-refractivity contribution in [3.8, 4) is 11.5 Å². The van der Waals surface area contributed by atoms with Crippen molar-refractivity contribution in [1.29, 1.82) is 0 Å². The Bertz CT molecular complexity index is 1120. The predicted octanol–water partition coefficient (Wildman–Crippen LogP) is 3.68. The molecule has 0 N–H and O–H groups in total. The Hall–Kier alpha value is -2.84. The van der Waals surface area contributed by atoms with E-state index in [0.29, 0.717) is 32.4 Å². The lowest BCUT2D eigenvalue weighted by Gasteiger charge is -2.09. The number of amides is 1. The minimum absolute atomic E-state index is 0.0872. The standard InChI is InChI=1S/C20H19ClN2O5S/c1-4-28-18(24)11-23-14-9-15(26-2)16(27-3)10-17(14)29-20(23)22-19(25)12-5-7-13(21)8-6-12/h5-10H,4,11H2,1-3H3. The number of fused-ring (bicyclic) bond motifs is 1. The molecule has 0 spiro atoms. The van der Waals surface area contributed by atoms with Crippen LogP contribution < -0.4 is 14.3 Å². The SMILES string of the molecule is CCOC(=O)Cn1c(=NC(=O)c2ccc(Cl)cc2)sc2cc(OC)c(OC)cc21. The molecule has 9 heteroatoms. The summed E-state index contributed by atoms with van der Waals surface area (Å²) in [6.45, 7) is 1.91. The molecule has 0 unspecified atom stereocenters. The van der Waals surface area contributed by atoms with Gasteiger partial charge in [0, 0.05) is 22.7 Å². The molecule has 0 bridgehead atoms. The van der Waals surface area contributed by atoms with E-state index < -0.39 is 11.9 Å². The summed E-state index contributed by atoms with van der Waals surface area (Å²) >= 11 is 7.15. The molecule has 1 heterocycles. The molecule has 2 aromatic carbocycles. The first-order chi connectivity index (χ1) is 14.0. The number of hydrogen-bond donors (Lipinski definition) is 0. The zero-order valence-electron chi connectivity index (χ0n) is 16.1. The van der Waals surface area contributed by atoms with E-state index in [9.17, 15) is 9.59 Å². The Morgan fingerprint density at radius 2 is 1.76 bits per heavy atom. The molecule has 7 nitrogen and oxygen atoms in total. The van der Waals surface area contributed by atoms with Gasteiger partial charge in [0.25, 0.3) is 5.91 Å². The van der Waals surface area contributed by atoms with Gasteiger partial charge in [-0.25, -0.2) is 0 Å². The molecule has 0 aliphatic carbocycles. The van der Waals surface area contributed by atoms with Gasteiger partial charge in [0.15, 0.2) is 16.3 Å². The lowest BCUT2D eigenvalue weighted by molar-refractivity contribution is -0.143. The fraction of sp³-hybridized carbons (Fsp3) is 0.250. The monoisotopic (exact) mass is 434 g/mol. The second-order valence-corrected chi connectivity index (χ2v) is 7.32. The second kappa shape index (κ2) is 9.11. The van der Waals surface area contributed by atoms with Crippen LogP contribution in [0.1, 0.15) is 17.3 Å². The highest BCUT2D eigenvalue weighted by Gasteiger charge is 2.16. The van der Waals surface area contributed by atoms with Crippen molar-refractivity contribution in [2.24, 2.45) is 4.99 Å². The lowest BCUT2D eigenvalue weighted by atomic mass is 10.2. The first-order valence-electron chi connectivity index (χ1n) is 8.72.